The van der Waals surface area contributed by atoms with Gasteiger partial charge in [0.05, 0.1) is 13.7 Å². The van der Waals surface area contributed by atoms with Gasteiger partial charge in [0, 0.05) is 23.6 Å². The topological polar surface area (TPSA) is 76.7 Å². The van der Waals surface area contributed by atoms with E-state index in [9.17, 15) is 9.59 Å². The molecule has 27 heavy (non-hydrogen) atoms. The first-order chi connectivity index (χ1) is 13.1. The maximum absolute atomic E-state index is 11.9. The first-order valence-corrected chi connectivity index (χ1v) is 9.04. The standard InChI is InChI=1S/C20H23ClN2O4/c1-26-17-5-2-3-6-18(17)27-14-13-22-19(24)7-4-12-23-20(25)15-8-10-16(21)11-9-15/h2-3,5-6,8-11H,4,7,12-14H2,1H3,(H,22,24)(H,23,25). The third-order valence-electron chi connectivity index (χ3n) is 3.72. The molecule has 0 unspecified atom stereocenters. The molecule has 7 heteroatoms. The lowest BCUT2D eigenvalue weighted by molar-refractivity contribution is -0.121. The summed E-state index contributed by atoms with van der Waals surface area (Å²) in [7, 11) is 1.58. The van der Waals surface area contributed by atoms with Crippen LogP contribution in [0.1, 0.15) is 23.2 Å². The van der Waals surface area contributed by atoms with Gasteiger partial charge < -0.3 is 20.1 Å². The van der Waals surface area contributed by atoms with Crippen LogP contribution in [0.4, 0.5) is 0 Å². The van der Waals surface area contributed by atoms with Gasteiger partial charge in [0.2, 0.25) is 5.91 Å². The van der Waals surface area contributed by atoms with Crippen molar-refractivity contribution in [3.63, 3.8) is 0 Å². The minimum atomic E-state index is -0.183. The molecule has 0 aromatic heterocycles. The Hall–Kier alpha value is -2.73. The van der Waals surface area contributed by atoms with Crippen LogP contribution in [0.2, 0.25) is 5.02 Å². The summed E-state index contributed by atoms with van der Waals surface area (Å²) < 4.78 is 10.8. The molecule has 6 nitrogen and oxygen atoms in total. The molecule has 0 radical (unpaired) electrons. The number of nitrogens with one attached hydrogen (secondary N) is 2. The molecule has 2 aromatic rings. The summed E-state index contributed by atoms with van der Waals surface area (Å²) in [5.41, 5.74) is 0.539. The van der Waals surface area contributed by atoms with Crippen molar-refractivity contribution in [1.82, 2.24) is 10.6 Å². The molecule has 0 fully saturated rings. The first kappa shape index (κ1) is 20.6. The van der Waals surface area contributed by atoms with Gasteiger partial charge in [-0.05, 0) is 42.8 Å². The number of ether oxygens (including phenoxy) is 2. The predicted molar refractivity (Wildman–Crippen MR) is 105 cm³/mol. The van der Waals surface area contributed by atoms with Crippen molar-refractivity contribution in [2.75, 3.05) is 26.8 Å². The summed E-state index contributed by atoms with van der Waals surface area (Å²) in [5, 5.41) is 6.14. The molecule has 0 saturated carbocycles. The van der Waals surface area contributed by atoms with E-state index in [-0.39, 0.29) is 11.8 Å². The molecular formula is C20H23ClN2O4. The third-order valence-corrected chi connectivity index (χ3v) is 3.98. The molecule has 0 saturated heterocycles. The van der Waals surface area contributed by atoms with Crippen molar-refractivity contribution in [3.05, 3.63) is 59.1 Å². The van der Waals surface area contributed by atoms with Gasteiger partial charge in [-0.25, -0.2) is 0 Å². The summed E-state index contributed by atoms with van der Waals surface area (Å²) in [5.74, 6) is 1.02. The van der Waals surface area contributed by atoms with E-state index in [4.69, 9.17) is 21.1 Å². The SMILES string of the molecule is COc1ccccc1OCCNC(=O)CCCNC(=O)c1ccc(Cl)cc1. The van der Waals surface area contributed by atoms with Gasteiger partial charge in [0.1, 0.15) is 6.61 Å². The fraction of sp³-hybridized carbons (Fsp3) is 0.300. The number of hydrogen-bond acceptors (Lipinski definition) is 4. The molecule has 0 atom stereocenters. The highest BCUT2D eigenvalue weighted by atomic mass is 35.5. The minimum Gasteiger partial charge on any atom is -0.493 e. The zero-order chi connectivity index (χ0) is 19.5. The van der Waals surface area contributed by atoms with Crippen LogP contribution in [-0.2, 0) is 4.79 Å². The Labute approximate surface area is 163 Å². The number of methoxy groups -OCH3 is 1. The smallest absolute Gasteiger partial charge is 0.251 e. The van der Waals surface area contributed by atoms with Crippen LogP contribution in [0.15, 0.2) is 48.5 Å². The van der Waals surface area contributed by atoms with Crippen molar-refractivity contribution >= 4 is 23.4 Å². The summed E-state index contributed by atoms with van der Waals surface area (Å²) in [4.78, 5) is 23.7. The van der Waals surface area contributed by atoms with E-state index in [1.165, 1.54) is 0 Å². The highest BCUT2D eigenvalue weighted by Crippen LogP contribution is 2.25. The van der Waals surface area contributed by atoms with Crippen molar-refractivity contribution in [2.45, 2.75) is 12.8 Å². The molecule has 0 heterocycles. The zero-order valence-corrected chi connectivity index (χ0v) is 15.9. The largest absolute Gasteiger partial charge is 0.493 e. The van der Waals surface area contributed by atoms with Crippen LogP contribution in [0.25, 0.3) is 0 Å². The Morgan fingerprint density at radius 3 is 2.37 bits per heavy atom. The summed E-state index contributed by atoms with van der Waals surface area (Å²) >= 11 is 5.79. The number of benzene rings is 2. The fourth-order valence-corrected chi connectivity index (χ4v) is 2.46. The fourth-order valence-electron chi connectivity index (χ4n) is 2.33. The van der Waals surface area contributed by atoms with Gasteiger partial charge in [0.15, 0.2) is 11.5 Å². The average molecular weight is 391 g/mol. The lowest BCUT2D eigenvalue weighted by Crippen LogP contribution is -2.29. The molecule has 0 aliphatic heterocycles. The molecular weight excluding hydrogens is 368 g/mol. The van der Waals surface area contributed by atoms with E-state index in [1.54, 1.807) is 31.4 Å². The molecule has 2 aromatic carbocycles. The third kappa shape index (κ3) is 7.19. The zero-order valence-electron chi connectivity index (χ0n) is 15.2. The number of carbonyl (C=O) groups excluding carboxylic acids is 2. The molecule has 0 spiro atoms. The quantitative estimate of drug-likeness (QED) is 0.611. The number of halogens is 1. The van der Waals surface area contributed by atoms with Gasteiger partial charge >= 0.3 is 0 Å². The van der Waals surface area contributed by atoms with Crippen LogP contribution in [0.5, 0.6) is 11.5 Å². The molecule has 0 aliphatic rings. The van der Waals surface area contributed by atoms with Crippen LogP contribution in [0, 0.1) is 0 Å². The lowest BCUT2D eigenvalue weighted by Gasteiger charge is -2.11. The Balaban J connectivity index is 1.57. The summed E-state index contributed by atoms with van der Waals surface area (Å²) in [6, 6.07) is 14.0. The van der Waals surface area contributed by atoms with Gasteiger partial charge in [-0.1, -0.05) is 23.7 Å². The van der Waals surface area contributed by atoms with Crippen LogP contribution in [0.3, 0.4) is 0 Å². The highest BCUT2D eigenvalue weighted by molar-refractivity contribution is 6.30. The maximum atomic E-state index is 11.9. The normalized spacial score (nSPS) is 10.1. The predicted octanol–water partition coefficient (Wildman–Crippen LogP) is 3.05. The van der Waals surface area contributed by atoms with Gasteiger partial charge in [0.25, 0.3) is 5.91 Å². The monoisotopic (exact) mass is 390 g/mol. The van der Waals surface area contributed by atoms with Crippen LogP contribution in [-0.4, -0.2) is 38.6 Å². The number of rotatable bonds is 10. The number of amides is 2. The van der Waals surface area contributed by atoms with E-state index >= 15 is 0 Å². The first-order valence-electron chi connectivity index (χ1n) is 8.66. The van der Waals surface area contributed by atoms with Crippen molar-refractivity contribution in [1.29, 1.82) is 0 Å². The second-order valence-electron chi connectivity index (χ2n) is 5.72. The van der Waals surface area contributed by atoms with Gasteiger partial charge in [-0.15, -0.1) is 0 Å². The molecule has 2 rings (SSSR count). The molecule has 144 valence electrons. The number of para-hydroxylation sites is 2. The second-order valence-corrected chi connectivity index (χ2v) is 6.15. The Morgan fingerprint density at radius 2 is 1.67 bits per heavy atom. The van der Waals surface area contributed by atoms with Crippen molar-refractivity contribution in [2.24, 2.45) is 0 Å². The summed E-state index contributed by atoms with van der Waals surface area (Å²) in [6.07, 6.45) is 0.883. The van der Waals surface area contributed by atoms with E-state index in [1.807, 2.05) is 24.3 Å². The Bertz CT molecular complexity index is 750. The Morgan fingerprint density at radius 1 is 0.963 bits per heavy atom. The molecule has 2 amide bonds. The van der Waals surface area contributed by atoms with Crippen LogP contribution < -0.4 is 20.1 Å². The molecule has 2 N–H and O–H groups in total. The minimum absolute atomic E-state index is 0.0839. The van der Waals surface area contributed by atoms with Gasteiger partial charge in [-0.2, -0.15) is 0 Å². The van der Waals surface area contributed by atoms with E-state index < -0.39 is 0 Å². The molecule has 0 aliphatic carbocycles. The Kier molecular flexibility index (Phi) is 8.45. The lowest BCUT2D eigenvalue weighted by atomic mass is 10.2. The van der Waals surface area contributed by atoms with Crippen molar-refractivity contribution < 1.29 is 19.1 Å². The van der Waals surface area contributed by atoms with E-state index in [0.29, 0.717) is 54.6 Å². The average Bonchev–Trinajstić information content (AvgIpc) is 2.69. The second kappa shape index (κ2) is 11.1. The van der Waals surface area contributed by atoms with E-state index in [0.717, 1.165) is 0 Å². The van der Waals surface area contributed by atoms with Crippen LogP contribution >= 0.6 is 11.6 Å². The van der Waals surface area contributed by atoms with E-state index in [2.05, 4.69) is 10.6 Å². The summed E-state index contributed by atoms with van der Waals surface area (Å²) in [6.45, 7) is 1.17. The number of carbonyl (C=O) groups is 2. The van der Waals surface area contributed by atoms with Crippen molar-refractivity contribution in [3.8, 4) is 11.5 Å². The highest BCUT2D eigenvalue weighted by Gasteiger charge is 2.06. The molecule has 0 bridgehead atoms. The maximum Gasteiger partial charge on any atom is 0.251 e. The van der Waals surface area contributed by atoms with Gasteiger partial charge in [-0.3, -0.25) is 9.59 Å². The number of hydrogen-bond donors (Lipinski definition) is 2.